The number of benzene rings is 1. The molecule has 3 rings (SSSR count). The Labute approximate surface area is 208 Å². The first-order valence-corrected chi connectivity index (χ1v) is 12.2. The summed E-state index contributed by atoms with van der Waals surface area (Å²) in [5, 5.41) is 30.1. The van der Waals surface area contributed by atoms with E-state index in [-0.39, 0.29) is 42.5 Å². The van der Waals surface area contributed by atoms with Gasteiger partial charge < -0.3 is 20.3 Å². The lowest BCUT2D eigenvalue weighted by Crippen LogP contribution is -2.36. The molecule has 3 N–H and O–H groups in total. The van der Waals surface area contributed by atoms with Gasteiger partial charge in [0.1, 0.15) is 12.4 Å². The molecule has 1 aliphatic carbocycles. The average molecular weight is 505 g/mol. The van der Waals surface area contributed by atoms with Crippen molar-refractivity contribution in [2.45, 2.75) is 83.0 Å². The Kier molecular flexibility index (Phi) is 9.65. The highest BCUT2D eigenvalue weighted by atomic mass is 19.1. The predicted octanol–water partition coefficient (Wildman–Crippen LogP) is 3.37. The Hall–Kier alpha value is -3.18. The fraction of sp³-hybridized carbons (Fsp3) is 0.560. The molecule has 1 saturated carbocycles. The maximum absolute atomic E-state index is 13.6. The molecule has 11 heteroatoms. The number of aliphatic hydroxyl groups is 2. The van der Waals surface area contributed by atoms with Crippen LogP contribution in [-0.4, -0.2) is 56.7 Å². The van der Waals surface area contributed by atoms with Crippen LogP contribution in [0.4, 0.5) is 4.39 Å². The van der Waals surface area contributed by atoms with Crippen molar-refractivity contribution in [2.75, 3.05) is 6.61 Å². The highest BCUT2D eigenvalue weighted by molar-refractivity contribution is 5.95. The van der Waals surface area contributed by atoms with Crippen LogP contribution < -0.4 is 10.1 Å². The Morgan fingerprint density at radius 3 is 2.44 bits per heavy atom. The highest BCUT2D eigenvalue weighted by Crippen LogP contribution is 2.33. The van der Waals surface area contributed by atoms with Crippen molar-refractivity contribution in [1.29, 1.82) is 0 Å². The van der Waals surface area contributed by atoms with Gasteiger partial charge in [0, 0.05) is 23.2 Å². The molecule has 1 heterocycles. The topological polar surface area (TPSA) is 143 Å². The normalized spacial score (nSPS) is 15.9. The number of aliphatic hydroxyl groups excluding tert-OH is 2. The molecule has 2 aromatic rings. The monoisotopic (exact) mass is 504 g/mol. The lowest BCUT2D eigenvalue weighted by molar-refractivity contribution is -0.120. The molecule has 196 valence electrons. The van der Waals surface area contributed by atoms with Crippen LogP contribution in [-0.2, 0) is 4.79 Å². The van der Waals surface area contributed by atoms with Crippen molar-refractivity contribution >= 4 is 11.8 Å². The number of carbonyl (C=O) groups excluding carboxylic acids is 2. The van der Waals surface area contributed by atoms with E-state index in [1.165, 1.54) is 28.9 Å². The number of carbonyl (C=O) groups is 2. The molecular formula is C25H33FN4O6. The zero-order valence-corrected chi connectivity index (χ0v) is 20.5. The molecule has 1 aliphatic rings. The van der Waals surface area contributed by atoms with Crippen LogP contribution in [0, 0.1) is 10.7 Å². The Morgan fingerprint density at radius 2 is 1.83 bits per heavy atom. The second-order valence-electron chi connectivity index (χ2n) is 9.46. The number of amides is 2. The first-order chi connectivity index (χ1) is 17.2. The van der Waals surface area contributed by atoms with Crippen LogP contribution in [0.25, 0.3) is 5.69 Å². The van der Waals surface area contributed by atoms with E-state index >= 15 is 0 Å². The van der Waals surface area contributed by atoms with Crippen LogP contribution >= 0.6 is 0 Å². The maximum Gasteiger partial charge on any atom is 0.288 e. The number of ether oxygens (including phenoxy) is 1. The fourth-order valence-electron chi connectivity index (χ4n) is 4.38. The van der Waals surface area contributed by atoms with E-state index in [4.69, 9.17) is 4.74 Å². The number of halogens is 1. The molecule has 36 heavy (non-hydrogen) atoms. The first-order valence-electron chi connectivity index (χ1n) is 12.2. The zero-order chi connectivity index (χ0) is 26.2. The number of nitrogens with zero attached hydrogens (tertiary/aromatic N) is 3. The van der Waals surface area contributed by atoms with E-state index in [1.807, 2.05) is 13.8 Å². The number of nitroso groups, excluding NO2 is 1. The summed E-state index contributed by atoms with van der Waals surface area (Å²) in [4.78, 5) is 34.6. The van der Waals surface area contributed by atoms with E-state index in [0.29, 0.717) is 11.3 Å². The quantitative estimate of drug-likeness (QED) is 0.398. The number of nitrogens with one attached hydrogen (secondary N) is 1. The van der Waals surface area contributed by atoms with Gasteiger partial charge in [-0.15, -0.1) is 4.91 Å². The second kappa shape index (κ2) is 12.7. The number of aromatic nitrogens is 2. The van der Waals surface area contributed by atoms with E-state index in [1.54, 1.807) is 0 Å². The lowest BCUT2D eigenvalue weighted by Gasteiger charge is -2.22. The molecule has 1 aromatic carbocycles. The summed E-state index contributed by atoms with van der Waals surface area (Å²) < 4.78 is 20.9. The van der Waals surface area contributed by atoms with Gasteiger partial charge in [0.15, 0.2) is 5.69 Å². The second-order valence-corrected chi connectivity index (χ2v) is 9.46. The Balaban J connectivity index is 1.88. The van der Waals surface area contributed by atoms with Crippen LogP contribution in [0.5, 0.6) is 5.88 Å². The highest BCUT2D eigenvalue weighted by Gasteiger charge is 2.29. The minimum Gasteiger partial charge on any atom is -0.475 e. The molecule has 0 saturated heterocycles. The minimum atomic E-state index is -1.27. The third-order valence-corrected chi connectivity index (χ3v) is 6.15. The van der Waals surface area contributed by atoms with Gasteiger partial charge in [-0.3, -0.25) is 9.59 Å². The molecule has 2 amide bonds. The van der Waals surface area contributed by atoms with Crippen LogP contribution in [0.1, 0.15) is 80.8 Å². The summed E-state index contributed by atoms with van der Waals surface area (Å²) in [5.41, 5.74) is 1.18. The Morgan fingerprint density at radius 1 is 1.17 bits per heavy atom. The standard InChI is InChI=1S/C25H33FN4O6/c1-15(2)22-23(24(34)27-17-6-4-3-5-7-17)28-30(18-10-8-16(26)9-11-18)25(22)36-14-20(32)12-19(31)13-21(33)29-35/h8-11,15,17,19-20,31-32H,3-7,12-14H2,1-2H3,(H,27,34)/t19-,20+/m1/s1. The van der Waals surface area contributed by atoms with Gasteiger partial charge in [0.05, 0.1) is 24.3 Å². The summed E-state index contributed by atoms with van der Waals surface area (Å²) in [5.74, 6) is -1.74. The van der Waals surface area contributed by atoms with Crippen molar-refractivity contribution < 1.29 is 28.9 Å². The molecule has 0 bridgehead atoms. The maximum atomic E-state index is 13.6. The van der Waals surface area contributed by atoms with Gasteiger partial charge in [-0.25, -0.2) is 9.07 Å². The smallest absolute Gasteiger partial charge is 0.288 e. The summed E-state index contributed by atoms with van der Waals surface area (Å²) in [6.45, 7) is 3.49. The van der Waals surface area contributed by atoms with Gasteiger partial charge >= 0.3 is 0 Å². The van der Waals surface area contributed by atoms with Gasteiger partial charge in [-0.2, -0.15) is 5.10 Å². The molecule has 0 aliphatic heterocycles. The van der Waals surface area contributed by atoms with Crippen molar-refractivity contribution in [3.8, 4) is 11.6 Å². The summed E-state index contributed by atoms with van der Waals surface area (Å²) >= 11 is 0. The van der Waals surface area contributed by atoms with Crippen LogP contribution in [0.15, 0.2) is 29.4 Å². The molecule has 0 spiro atoms. The number of hydrogen-bond acceptors (Lipinski definition) is 7. The van der Waals surface area contributed by atoms with Crippen molar-refractivity contribution in [3.63, 3.8) is 0 Å². The van der Waals surface area contributed by atoms with Gasteiger partial charge in [-0.05, 0) is 43.0 Å². The largest absolute Gasteiger partial charge is 0.475 e. The average Bonchev–Trinajstić information content (AvgIpc) is 3.23. The molecule has 2 atom stereocenters. The van der Waals surface area contributed by atoms with E-state index < -0.39 is 30.4 Å². The third kappa shape index (κ3) is 7.17. The van der Waals surface area contributed by atoms with Gasteiger partial charge in [0.2, 0.25) is 5.88 Å². The van der Waals surface area contributed by atoms with Crippen molar-refractivity contribution in [1.82, 2.24) is 15.1 Å². The van der Waals surface area contributed by atoms with E-state index in [2.05, 4.69) is 15.6 Å². The SMILES string of the molecule is CC(C)c1c(C(=O)NC2CCCCC2)nn(-c2ccc(F)cc2)c1OC[C@@H](O)C[C@@H](O)CC(=O)N=O. The zero-order valence-electron chi connectivity index (χ0n) is 20.5. The third-order valence-electron chi connectivity index (χ3n) is 6.15. The van der Waals surface area contributed by atoms with E-state index in [0.717, 1.165) is 32.1 Å². The molecule has 0 radical (unpaired) electrons. The number of rotatable bonds is 11. The summed E-state index contributed by atoms with van der Waals surface area (Å²) in [6, 6.07) is 5.60. The van der Waals surface area contributed by atoms with Crippen molar-refractivity contribution in [2.24, 2.45) is 5.18 Å². The summed E-state index contributed by atoms with van der Waals surface area (Å²) in [7, 11) is 0. The van der Waals surface area contributed by atoms with Crippen molar-refractivity contribution in [3.05, 3.63) is 46.2 Å². The molecule has 1 fully saturated rings. The fourth-order valence-corrected chi connectivity index (χ4v) is 4.38. The predicted molar refractivity (Wildman–Crippen MR) is 129 cm³/mol. The lowest BCUT2D eigenvalue weighted by atomic mass is 9.95. The molecular weight excluding hydrogens is 471 g/mol. The molecule has 1 aromatic heterocycles. The van der Waals surface area contributed by atoms with Crippen LogP contribution in [0.3, 0.4) is 0 Å². The summed E-state index contributed by atoms with van der Waals surface area (Å²) in [6.07, 6.45) is 1.89. The van der Waals surface area contributed by atoms with Crippen LogP contribution in [0.2, 0.25) is 0 Å². The first kappa shape index (κ1) is 27.4. The van der Waals surface area contributed by atoms with E-state index in [9.17, 15) is 29.1 Å². The van der Waals surface area contributed by atoms with Gasteiger partial charge in [-0.1, -0.05) is 33.1 Å². The minimum absolute atomic E-state index is 0.0680. The Bertz CT molecular complexity index is 1050. The number of hydrogen-bond donors (Lipinski definition) is 3. The van der Waals surface area contributed by atoms with Gasteiger partial charge in [0.25, 0.3) is 11.8 Å². The molecule has 10 nitrogen and oxygen atoms in total. The molecule has 0 unspecified atom stereocenters.